The lowest BCUT2D eigenvalue weighted by Crippen LogP contribution is -2.37. The Balaban J connectivity index is 1.19. The number of benzene rings is 1. The van der Waals surface area contributed by atoms with Crippen molar-refractivity contribution in [2.45, 2.75) is 25.5 Å². The number of nitrogens with one attached hydrogen (secondary N) is 2. The summed E-state index contributed by atoms with van der Waals surface area (Å²) < 4.78 is 15.8. The van der Waals surface area contributed by atoms with Crippen molar-refractivity contribution >= 4 is 17.5 Å². The van der Waals surface area contributed by atoms with Gasteiger partial charge in [-0.25, -0.2) is 0 Å². The molecule has 1 aromatic carbocycles. The molecule has 3 heterocycles. The van der Waals surface area contributed by atoms with E-state index in [1.807, 2.05) is 12.1 Å². The molecule has 0 radical (unpaired) electrons. The minimum absolute atomic E-state index is 0.162. The topological polar surface area (TPSA) is 111 Å². The molecule has 146 valence electrons. The Morgan fingerprint density at radius 2 is 2.04 bits per heavy atom. The van der Waals surface area contributed by atoms with Crippen LogP contribution in [0.1, 0.15) is 24.2 Å². The van der Waals surface area contributed by atoms with E-state index in [0.717, 1.165) is 5.56 Å². The van der Waals surface area contributed by atoms with E-state index in [4.69, 9.17) is 18.7 Å². The molecular weight excluding hydrogens is 366 g/mol. The van der Waals surface area contributed by atoms with Gasteiger partial charge in [0.2, 0.25) is 18.8 Å². The fourth-order valence-corrected chi connectivity index (χ4v) is 2.86. The van der Waals surface area contributed by atoms with Gasteiger partial charge in [0.25, 0.3) is 5.91 Å². The molecule has 28 heavy (non-hydrogen) atoms. The molecule has 2 N–H and O–H groups in total. The second kappa shape index (κ2) is 8.03. The summed E-state index contributed by atoms with van der Waals surface area (Å²) in [6.45, 7) is 0.724. The first kappa shape index (κ1) is 17.9. The molecule has 0 aliphatic carbocycles. The predicted molar refractivity (Wildman–Crippen MR) is 96.8 cm³/mol. The highest BCUT2D eigenvalue weighted by atomic mass is 16.7. The lowest BCUT2D eigenvalue weighted by atomic mass is 10.0. The van der Waals surface area contributed by atoms with Gasteiger partial charge >= 0.3 is 0 Å². The van der Waals surface area contributed by atoms with Crippen LogP contribution in [0.5, 0.6) is 11.5 Å². The fraction of sp³-hybridized carbons (Fsp3) is 0.316. The standard InChI is InChI=1S/C19H19N3O6/c23-18(21-10-13-2-1-7-25-13)5-6-20-19(24)17-9-14(22-28-17)12-3-4-15-16(8-12)27-11-26-15/h1-4,7-8,17H,5-6,9-11H2,(H,20,24)(H,21,23)/t17-/m1/s1. The molecule has 2 amide bonds. The Bertz CT molecular complexity index is 893. The maximum Gasteiger partial charge on any atom is 0.264 e. The normalized spacial score (nSPS) is 17.0. The summed E-state index contributed by atoms with van der Waals surface area (Å²) >= 11 is 0. The number of nitrogens with zero attached hydrogens (tertiary/aromatic N) is 1. The van der Waals surface area contributed by atoms with Crippen molar-refractivity contribution < 1.29 is 28.3 Å². The van der Waals surface area contributed by atoms with Gasteiger partial charge in [0.05, 0.1) is 18.5 Å². The molecule has 0 unspecified atom stereocenters. The van der Waals surface area contributed by atoms with Crippen molar-refractivity contribution in [1.82, 2.24) is 10.6 Å². The molecule has 1 aromatic heterocycles. The summed E-state index contributed by atoms with van der Waals surface area (Å²) in [6, 6.07) is 8.99. The predicted octanol–water partition coefficient (Wildman–Crippen LogP) is 1.32. The van der Waals surface area contributed by atoms with Gasteiger partial charge in [0.15, 0.2) is 11.5 Å². The number of hydrogen-bond acceptors (Lipinski definition) is 7. The van der Waals surface area contributed by atoms with Crippen LogP contribution in [0.25, 0.3) is 0 Å². The number of hydrogen-bond donors (Lipinski definition) is 2. The Kier molecular flexibility index (Phi) is 5.14. The van der Waals surface area contributed by atoms with Gasteiger partial charge in [-0.3, -0.25) is 9.59 Å². The van der Waals surface area contributed by atoms with E-state index in [0.29, 0.717) is 35.9 Å². The molecule has 9 nitrogen and oxygen atoms in total. The first-order valence-corrected chi connectivity index (χ1v) is 8.88. The molecule has 0 spiro atoms. The molecule has 4 rings (SSSR count). The summed E-state index contributed by atoms with van der Waals surface area (Å²) in [5.74, 6) is 1.51. The van der Waals surface area contributed by atoms with Crippen molar-refractivity contribution in [2.75, 3.05) is 13.3 Å². The minimum atomic E-state index is -0.716. The largest absolute Gasteiger partial charge is 0.467 e. The Hall–Kier alpha value is -3.49. The van der Waals surface area contributed by atoms with Gasteiger partial charge in [0.1, 0.15) is 5.76 Å². The number of furan rings is 1. The molecule has 1 atom stereocenters. The van der Waals surface area contributed by atoms with E-state index >= 15 is 0 Å². The van der Waals surface area contributed by atoms with E-state index in [1.165, 1.54) is 0 Å². The van der Waals surface area contributed by atoms with Crippen molar-refractivity contribution in [1.29, 1.82) is 0 Å². The number of carbonyl (C=O) groups excluding carboxylic acids is 2. The first-order valence-electron chi connectivity index (χ1n) is 8.88. The Labute approximate surface area is 160 Å². The summed E-state index contributed by atoms with van der Waals surface area (Å²) in [6.07, 6.45) is 1.33. The molecule has 0 saturated heterocycles. The Morgan fingerprint density at radius 3 is 2.89 bits per heavy atom. The number of amides is 2. The number of rotatable bonds is 7. The van der Waals surface area contributed by atoms with Crippen molar-refractivity contribution in [3.8, 4) is 11.5 Å². The zero-order valence-electron chi connectivity index (χ0n) is 15.0. The molecule has 0 saturated carbocycles. The van der Waals surface area contributed by atoms with E-state index in [-0.39, 0.29) is 31.6 Å². The SMILES string of the molecule is O=C(CCNC(=O)[C@H]1CC(c2ccc3c(c2)OCO3)=NO1)NCc1ccco1. The van der Waals surface area contributed by atoms with Gasteiger partial charge in [0, 0.05) is 24.9 Å². The highest BCUT2D eigenvalue weighted by Crippen LogP contribution is 2.33. The summed E-state index contributed by atoms with van der Waals surface area (Å²) in [5, 5.41) is 9.42. The average Bonchev–Trinajstić information content (AvgIpc) is 3.47. The quantitative estimate of drug-likeness (QED) is 0.744. The third kappa shape index (κ3) is 4.08. The van der Waals surface area contributed by atoms with Crippen LogP contribution in [-0.2, 0) is 21.0 Å². The second-order valence-corrected chi connectivity index (χ2v) is 6.30. The van der Waals surface area contributed by atoms with Crippen molar-refractivity contribution in [3.63, 3.8) is 0 Å². The van der Waals surface area contributed by atoms with Crippen LogP contribution in [0.4, 0.5) is 0 Å². The second-order valence-electron chi connectivity index (χ2n) is 6.30. The minimum Gasteiger partial charge on any atom is -0.467 e. The van der Waals surface area contributed by atoms with E-state index in [1.54, 1.807) is 24.5 Å². The number of fused-ring (bicyclic) bond motifs is 1. The van der Waals surface area contributed by atoms with Crippen LogP contribution in [0.3, 0.4) is 0 Å². The number of oxime groups is 1. The van der Waals surface area contributed by atoms with Gasteiger partial charge < -0.3 is 29.4 Å². The van der Waals surface area contributed by atoms with Crippen LogP contribution in [0.15, 0.2) is 46.2 Å². The number of ether oxygens (including phenoxy) is 2. The third-order valence-electron chi connectivity index (χ3n) is 4.36. The van der Waals surface area contributed by atoms with Crippen LogP contribution in [0, 0.1) is 0 Å². The lowest BCUT2D eigenvalue weighted by Gasteiger charge is -2.09. The molecule has 2 aliphatic heterocycles. The van der Waals surface area contributed by atoms with Gasteiger partial charge in [-0.15, -0.1) is 0 Å². The average molecular weight is 385 g/mol. The first-order chi connectivity index (χ1) is 13.7. The zero-order valence-corrected chi connectivity index (χ0v) is 15.0. The Morgan fingerprint density at radius 1 is 1.14 bits per heavy atom. The molecule has 9 heteroatoms. The van der Waals surface area contributed by atoms with Crippen molar-refractivity contribution in [3.05, 3.63) is 47.9 Å². The fourth-order valence-electron chi connectivity index (χ4n) is 2.86. The lowest BCUT2D eigenvalue weighted by molar-refractivity contribution is -0.131. The maximum atomic E-state index is 12.2. The van der Waals surface area contributed by atoms with Gasteiger partial charge in [-0.05, 0) is 30.3 Å². The van der Waals surface area contributed by atoms with Crippen LogP contribution >= 0.6 is 0 Å². The van der Waals surface area contributed by atoms with E-state index < -0.39 is 6.10 Å². The third-order valence-corrected chi connectivity index (χ3v) is 4.36. The zero-order chi connectivity index (χ0) is 19.3. The van der Waals surface area contributed by atoms with Crippen LogP contribution in [-0.4, -0.2) is 37.0 Å². The van der Waals surface area contributed by atoms with Crippen LogP contribution < -0.4 is 20.1 Å². The summed E-state index contributed by atoms with van der Waals surface area (Å²) in [7, 11) is 0. The molecule has 0 fully saturated rings. The molecule has 2 aliphatic rings. The van der Waals surface area contributed by atoms with Gasteiger partial charge in [-0.2, -0.15) is 0 Å². The maximum absolute atomic E-state index is 12.2. The van der Waals surface area contributed by atoms with E-state index in [9.17, 15) is 9.59 Å². The molecule has 0 bridgehead atoms. The molecular formula is C19H19N3O6. The summed E-state index contributed by atoms with van der Waals surface area (Å²) in [5.41, 5.74) is 1.48. The molecule has 2 aromatic rings. The van der Waals surface area contributed by atoms with Crippen LogP contribution in [0.2, 0.25) is 0 Å². The highest BCUT2D eigenvalue weighted by molar-refractivity contribution is 6.04. The number of carbonyl (C=O) groups is 2. The highest BCUT2D eigenvalue weighted by Gasteiger charge is 2.29. The smallest absolute Gasteiger partial charge is 0.264 e. The van der Waals surface area contributed by atoms with Gasteiger partial charge in [-0.1, -0.05) is 5.16 Å². The van der Waals surface area contributed by atoms with Crippen molar-refractivity contribution in [2.24, 2.45) is 5.16 Å². The van der Waals surface area contributed by atoms with E-state index in [2.05, 4.69) is 15.8 Å². The monoisotopic (exact) mass is 385 g/mol. The summed E-state index contributed by atoms with van der Waals surface area (Å²) in [4.78, 5) is 29.3.